The Kier molecular flexibility index (Phi) is 6.44. The van der Waals surface area contributed by atoms with Crippen LogP contribution >= 0.6 is 0 Å². The molecule has 3 aromatic rings. The predicted octanol–water partition coefficient (Wildman–Crippen LogP) is 5.68. The van der Waals surface area contributed by atoms with E-state index in [9.17, 15) is 0 Å². The number of rotatable bonds is 8. The molecule has 0 aliphatic heterocycles. The van der Waals surface area contributed by atoms with Crippen LogP contribution in [0.4, 0.5) is 0 Å². The van der Waals surface area contributed by atoms with Crippen molar-refractivity contribution >= 4 is 0 Å². The second-order valence-electron chi connectivity index (χ2n) is 6.72. The maximum atomic E-state index is 6.97. The Hall–Kier alpha value is -2.42. The first-order valence-corrected chi connectivity index (χ1v) is 9.80. The number of benzene rings is 3. The van der Waals surface area contributed by atoms with Crippen molar-refractivity contribution in [2.45, 2.75) is 32.6 Å². The highest BCUT2D eigenvalue weighted by Gasteiger charge is 2.39. The molecule has 0 aliphatic carbocycles. The van der Waals surface area contributed by atoms with Crippen molar-refractivity contribution < 1.29 is 4.74 Å². The standard InChI is InChI=1S/C25H29NO/c1-4-26(5-2)21(3)27-25(22-15-9-6-10-16-22,23-17-11-7-12-18-23)24-19-13-8-14-20-24/h6-21H,4-5H2,1-3H3. The molecule has 0 saturated heterocycles. The monoisotopic (exact) mass is 359 g/mol. The van der Waals surface area contributed by atoms with E-state index in [1.807, 2.05) is 0 Å². The van der Waals surface area contributed by atoms with Crippen LogP contribution in [0.1, 0.15) is 37.5 Å². The molecule has 3 rings (SSSR count). The zero-order chi connectivity index (χ0) is 19.1. The topological polar surface area (TPSA) is 12.5 Å². The molecular weight excluding hydrogens is 330 g/mol. The lowest BCUT2D eigenvalue weighted by Crippen LogP contribution is -2.43. The maximum Gasteiger partial charge on any atom is 0.145 e. The van der Waals surface area contributed by atoms with Gasteiger partial charge in [-0.15, -0.1) is 0 Å². The van der Waals surface area contributed by atoms with Gasteiger partial charge in [0.15, 0.2) is 0 Å². The summed E-state index contributed by atoms with van der Waals surface area (Å²) in [5, 5.41) is 0. The minimum absolute atomic E-state index is 0.0272. The Balaban J connectivity index is 2.23. The summed E-state index contributed by atoms with van der Waals surface area (Å²) in [6.45, 7) is 8.41. The van der Waals surface area contributed by atoms with E-state index in [0.717, 1.165) is 29.8 Å². The van der Waals surface area contributed by atoms with E-state index in [1.165, 1.54) is 0 Å². The van der Waals surface area contributed by atoms with Crippen LogP contribution in [0.25, 0.3) is 0 Å². The van der Waals surface area contributed by atoms with E-state index in [0.29, 0.717) is 0 Å². The quantitative estimate of drug-likeness (QED) is 0.379. The highest BCUT2D eigenvalue weighted by molar-refractivity contribution is 5.47. The lowest BCUT2D eigenvalue weighted by Gasteiger charge is -2.41. The van der Waals surface area contributed by atoms with Crippen LogP contribution in [0.2, 0.25) is 0 Å². The van der Waals surface area contributed by atoms with Crippen molar-refractivity contribution in [1.29, 1.82) is 0 Å². The average molecular weight is 360 g/mol. The van der Waals surface area contributed by atoms with Crippen LogP contribution in [0.15, 0.2) is 91.0 Å². The molecule has 1 atom stereocenters. The zero-order valence-corrected chi connectivity index (χ0v) is 16.5. The first-order valence-electron chi connectivity index (χ1n) is 9.80. The van der Waals surface area contributed by atoms with Crippen molar-refractivity contribution in [1.82, 2.24) is 4.90 Å². The van der Waals surface area contributed by atoms with Gasteiger partial charge in [-0.3, -0.25) is 4.90 Å². The average Bonchev–Trinajstić information content (AvgIpc) is 2.75. The van der Waals surface area contributed by atoms with Crippen LogP contribution in [0, 0.1) is 0 Å². The van der Waals surface area contributed by atoms with Crippen LogP contribution in [-0.4, -0.2) is 24.2 Å². The molecule has 0 N–H and O–H groups in total. The summed E-state index contributed by atoms with van der Waals surface area (Å²) in [6.07, 6.45) is -0.0272. The van der Waals surface area contributed by atoms with Gasteiger partial charge in [-0.05, 0) is 36.7 Å². The molecule has 0 aromatic heterocycles. The molecular formula is C25H29NO. The molecule has 0 aliphatic rings. The fraction of sp³-hybridized carbons (Fsp3) is 0.280. The van der Waals surface area contributed by atoms with Crippen molar-refractivity contribution in [3.8, 4) is 0 Å². The summed E-state index contributed by atoms with van der Waals surface area (Å²) in [4.78, 5) is 2.34. The lowest BCUT2D eigenvalue weighted by molar-refractivity contribution is -0.112. The van der Waals surface area contributed by atoms with E-state index in [-0.39, 0.29) is 6.23 Å². The minimum atomic E-state index is -0.661. The van der Waals surface area contributed by atoms with Gasteiger partial charge in [0.05, 0.1) is 0 Å². The number of hydrogen-bond donors (Lipinski definition) is 0. The maximum absolute atomic E-state index is 6.97. The second-order valence-corrected chi connectivity index (χ2v) is 6.72. The lowest BCUT2D eigenvalue weighted by atomic mass is 9.80. The SMILES string of the molecule is CCN(CC)C(C)OC(c1ccccc1)(c1ccccc1)c1ccccc1. The van der Waals surface area contributed by atoms with Gasteiger partial charge < -0.3 is 4.74 Å². The predicted molar refractivity (Wildman–Crippen MR) is 113 cm³/mol. The summed E-state index contributed by atoms with van der Waals surface area (Å²) >= 11 is 0. The molecule has 0 radical (unpaired) electrons. The summed E-state index contributed by atoms with van der Waals surface area (Å²) in [7, 11) is 0. The van der Waals surface area contributed by atoms with Gasteiger partial charge in [0.1, 0.15) is 11.8 Å². The normalized spacial score (nSPS) is 12.9. The molecule has 1 unspecified atom stereocenters. The van der Waals surface area contributed by atoms with E-state index in [2.05, 4.69) is 117 Å². The molecule has 0 heterocycles. The first kappa shape index (κ1) is 19.3. The fourth-order valence-electron chi connectivity index (χ4n) is 3.79. The molecule has 0 fully saturated rings. The largest absolute Gasteiger partial charge is 0.343 e. The Morgan fingerprint density at radius 1 is 0.667 bits per heavy atom. The van der Waals surface area contributed by atoms with Gasteiger partial charge in [0.2, 0.25) is 0 Å². The summed E-state index contributed by atoms with van der Waals surface area (Å²) in [5.74, 6) is 0. The van der Waals surface area contributed by atoms with Gasteiger partial charge in [-0.1, -0.05) is 105 Å². The zero-order valence-electron chi connectivity index (χ0n) is 16.5. The second kappa shape index (κ2) is 8.98. The molecule has 140 valence electrons. The third-order valence-corrected chi connectivity index (χ3v) is 5.21. The van der Waals surface area contributed by atoms with Gasteiger partial charge in [-0.25, -0.2) is 0 Å². The third kappa shape index (κ3) is 3.97. The molecule has 3 aromatic carbocycles. The van der Waals surface area contributed by atoms with Gasteiger partial charge in [0.25, 0.3) is 0 Å². The van der Waals surface area contributed by atoms with Crippen molar-refractivity contribution in [3.05, 3.63) is 108 Å². The highest BCUT2D eigenvalue weighted by Crippen LogP contribution is 2.41. The Labute approximate surface area is 163 Å². The summed E-state index contributed by atoms with van der Waals surface area (Å²) in [6, 6.07) is 31.6. The third-order valence-electron chi connectivity index (χ3n) is 5.21. The number of ether oxygens (including phenoxy) is 1. The first-order chi connectivity index (χ1) is 13.2. The molecule has 0 saturated carbocycles. The van der Waals surface area contributed by atoms with Gasteiger partial charge in [0, 0.05) is 0 Å². The van der Waals surface area contributed by atoms with E-state index < -0.39 is 5.60 Å². The van der Waals surface area contributed by atoms with E-state index in [4.69, 9.17) is 4.74 Å². The summed E-state index contributed by atoms with van der Waals surface area (Å²) in [5.41, 5.74) is 2.76. The molecule has 0 amide bonds. The highest BCUT2D eigenvalue weighted by atomic mass is 16.5. The molecule has 2 heteroatoms. The number of hydrogen-bond acceptors (Lipinski definition) is 2. The minimum Gasteiger partial charge on any atom is -0.343 e. The molecule has 2 nitrogen and oxygen atoms in total. The summed E-state index contributed by atoms with van der Waals surface area (Å²) < 4.78 is 6.97. The van der Waals surface area contributed by atoms with Crippen molar-refractivity contribution in [3.63, 3.8) is 0 Å². The van der Waals surface area contributed by atoms with E-state index >= 15 is 0 Å². The van der Waals surface area contributed by atoms with Crippen LogP contribution < -0.4 is 0 Å². The van der Waals surface area contributed by atoms with Crippen LogP contribution in [-0.2, 0) is 10.3 Å². The van der Waals surface area contributed by atoms with Crippen LogP contribution in [0.3, 0.4) is 0 Å². The van der Waals surface area contributed by atoms with E-state index in [1.54, 1.807) is 0 Å². The fourth-order valence-corrected chi connectivity index (χ4v) is 3.79. The smallest absolute Gasteiger partial charge is 0.145 e. The van der Waals surface area contributed by atoms with Gasteiger partial charge >= 0.3 is 0 Å². The molecule has 0 bridgehead atoms. The Morgan fingerprint density at radius 3 is 1.30 bits per heavy atom. The number of nitrogens with zero attached hydrogens (tertiary/aromatic N) is 1. The molecule has 27 heavy (non-hydrogen) atoms. The van der Waals surface area contributed by atoms with Gasteiger partial charge in [-0.2, -0.15) is 0 Å². The Bertz CT molecular complexity index is 701. The van der Waals surface area contributed by atoms with Crippen LogP contribution in [0.5, 0.6) is 0 Å². The Morgan fingerprint density at radius 2 is 1.00 bits per heavy atom. The van der Waals surface area contributed by atoms with Crippen molar-refractivity contribution in [2.75, 3.05) is 13.1 Å². The molecule has 0 spiro atoms. The van der Waals surface area contributed by atoms with Crippen molar-refractivity contribution in [2.24, 2.45) is 0 Å².